The number of amides is 2. The highest BCUT2D eigenvalue weighted by Crippen LogP contribution is 2.20. The van der Waals surface area contributed by atoms with E-state index in [2.05, 4.69) is 20.1 Å². The Labute approximate surface area is 163 Å². The highest BCUT2D eigenvalue weighted by atomic mass is 32.2. The summed E-state index contributed by atoms with van der Waals surface area (Å²) < 4.78 is 32.0. The van der Waals surface area contributed by atoms with Crippen molar-refractivity contribution in [3.8, 4) is 0 Å². The first-order valence-electron chi connectivity index (χ1n) is 8.72. The van der Waals surface area contributed by atoms with Crippen LogP contribution in [0, 0.1) is 0 Å². The SMILES string of the molecule is COC(=O)Nc1ccc(S(=O)(=O)Nc2ccc(CC(=O)NC3CC3)cc2)cc1. The number of carbonyl (C=O) groups excluding carboxylic acids is 2. The Morgan fingerprint density at radius 1 is 1.00 bits per heavy atom. The molecule has 1 aliphatic carbocycles. The minimum absolute atomic E-state index is 0.0310. The lowest BCUT2D eigenvalue weighted by Gasteiger charge is -2.10. The van der Waals surface area contributed by atoms with Crippen molar-refractivity contribution in [3.63, 3.8) is 0 Å². The summed E-state index contributed by atoms with van der Waals surface area (Å²) in [7, 11) is -2.54. The molecule has 28 heavy (non-hydrogen) atoms. The second-order valence-electron chi connectivity index (χ2n) is 6.46. The molecule has 0 atom stereocenters. The van der Waals surface area contributed by atoms with Gasteiger partial charge in [0.15, 0.2) is 0 Å². The molecule has 8 nitrogen and oxygen atoms in total. The van der Waals surface area contributed by atoms with E-state index in [1.807, 2.05) is 0 Å². The third kappa shape index (κ3) is 5.46. The first-order valence-corrected chi connectivity index (χ1v) is 10.2. The number of hydrogen-bond donors (Lipinski definition) is 3. The first-order chi connectivity index (χ1) is 13.4. The van der Waals surface area contributed by atoms with Gasteiger partial charge in [0.25, 0.3) is 10.0 Å². The van der Waals surface area contributed by atoms with Crippen LogP contribution >= 0.6 is 0 Å². The summed E-state index contributed by atoms with van der Waals surface area (Å²) in [4.78, 5) is 23.0. The van der Waals surface area contributed by atoms with Crippen LogP contribution < -0.4 is 15.4 Å². The van der Waals surface area contributed by atoms with Gasteiger partial charge in [0.2, 0.25) is 5.91 Å². The minimum Gasteiger partial charge on any atom is -0.453 e. The van der Waals surface area contributed by atoms with E-state index in [9.17, 15) is 18.0 Å². The molecule has 9 heteroatoms. The average Bonchev–Trinajstić information content (AvgIpc) is 3.47. The number of sulfonamides is 1. The number of carbonyl (C=O) groups is 2. The van der Waals surface area contributed by atoms with E-state index in [0.717, 1.165) is 18.4 Å². The standard InChI is InChI=1S/C19H21N3O5S/c1-27-19(24)21-15-8-10-17(11-9-15)28(25,26)22-16-4-2-13(3-5-16)12-18(23)20-14-6-7-14/h2-5,8-11,14,22H,6-7,12H2,1H3,(H,20,23)(H,21,24). The molecule has 148 valence electrons. The molecular weight excluding hydrogens is 382 g/mol. The van der Waals surface area contributed by atoms with Crippen molar-refractivity contribution in [3.05, 3.63) is 54.1 Å². The number of anilines is 2. The van der Waals surface area contributed by atoms with E-state index in [0.29, 0.717) is 17.4 Å². The van der Waals surface area contributed by atoms with Crippen LogP contribution in [0.1, 0.15) is 18.4 Å². The number of ether oxygens (including phenoxy) is 1. The van der Waals surface area contributed by atoms with Gasteiger partial charge < -0.3 is 10.1 Å². The Morgan fingerprint density at radius 2 is 1.61 bits per heavy atom. The van der Waals surface area contributed by atoms with Crippen molar-refractivity contribution < 1.29 is 22.7 Å². The quantitative estimate of drug-likeness (QED) is 0.657. The highest BCUT2D eigenvalue weighted by molar-refractivity contribution is 7.92. The van der Waals surface area contributed by atoms with Crippen molar-refractivity contribution in [2.75, 3.05) is 17.1 Å². The van der Waals surface area contributed by atoms with Crippen LogP contribution in [-0.2, 0) is 26.0 Å². The molecule has 2 aromatic rings. The number of nitrogens with one attached hydrogen (secondary N) is 3. The third-order valence-electron chi connectivity index (χ3n) is 4.11. The summed E-state index contributed by atoms with van der Waals surface area (Å²) in [5.41, 5.74) is 1.61. The molecule has 3 N–H and O–H groups in total. The van der Waals surface area contributed by atoms with Gasteiger partial charge in [0.1, 0.15) is 0 Å². The molecule has 3 rings (SSSR count). The molecule has 0 aliphatic heterocycles. The number of hydrogen-bond acceptors (Lipinski definition) is 5. The van der Waals surface area contributed by atoms with Crippen LogP contribution in [-0.4, -0.2) is 33.6 Å². The fraction of sp³-hybridized carbons (Fsp3) is 0.263. The lowest BCUT2D eigenvalue weighted by molar-refractivity contribution is -0.120. The molecule has 0 saturated heterocycles. The predicted molar refractivity (Wildman–Crippen MR) is 105 cm³/mol. The van der Waals surface area contributed by atoms with Crippen molar-refractivity contribution >= 4 is 33.4 Å². The molecule has 1 aliphatic rings. The molecule has 1 fully saturated rings. The van der Waals surface area contributed by atoms with Gasteiger partial charge in [-0.2, -0.15) is 0 Å². The highest BCUT2D eigenvalue weighted by Gasteiger charge is 2.23. The Balaban J connectivity index is 1.61. The topological polar surface area (TPSA) is 114 Å². The van der Waals surface area contributed by atoms with Crippen molar-refractivity contribution in [2.45, 2.75) is 30.2 Å². The van der Waals surface area contributed by atoms with E-state index in [1.165, 1.54) is 31.4 Å². The van der Waals surface area contributed by atoms with Crippen molar-refractivity contribution in [2.24, 2.45) is 0 Å². The summed E-state index contributed by atoms with van der Waals surface area (Å²) in [6.45, 7) is 0. The summed E-state index contributed by atoms with van der Waals surface area (Å²) in [5.74, 6) is -0.0310. The van der Waals surface area contributed by atoms with Crippen LogP contribution in [0.4, 0.5) is 16.2 Å². The number of methoxy groups -OCH3 is 1. The molecule has 1 saturated carbocycles. The Bertz CT molecular complexity index is 952. The lowest BCUT2D eigenvalue weighted by Crippen LogP contribution is -2.26. The zero-order valence-corrected chi connectivity index (χ0v) is 16.1. The number of rotatable bonds is 7. The fourth-order valence-electron chi connectivity index (χ4n) is 2.48. The van der Waals surface area contributed by atoms with E-state index >= 15 is 0 Å². The zero-order chi connectivity index (χ0) is 20.1. The Kier molecular flexibility index (Phi) is 5.84. The molecular formula is C19H21N3O5S. The maximum atomic E-state index is 12.5. The van der Waals surface area contributed by atoms with E-state index < -0.39 is 16.1 Å². The van der Waals surface area contributed by atoms with Gasteiger partial charge in [0.05, 0.1) is 18.4 Å². The predicted octanol–water partition coefficient (Wildman–Crippen LogP) is 2.49. The smallest absolute Gasteiger partial charge is 0.411 e. The number of benzene rings is 2. The van der Waals surface area contributed by atoms with Gasteiger partial charge in [-0.15, -0.1) is 0 Å². The molecule has 0 unspecified atom stereocenters. The first kappa shape index (κ1) is 19.7. The van der Waals surface area contributed by atoms with Gasteiger partial charge in [-0.1, -0.05) is 12.1 Å². The second kappa shape index (κ2) is 8.30. The third-order valence-corrected chi connectivity index (χ3v) is 5.51. The normalized spacial score (nSPS) is 13.5. The van der Waals surface area contributed by atoms with Gasteiger partial charge in [0, 0.05) is 17.4 Å². The van der Waals surface area contributed by atoms with Gasteiger partial charge >= 0.3 is 6.09 Å². The Hall–Kier alpha value is -3.07. The van der Waals surface area contributed by atoms with Crippen molar-refractivity contribution in [1.82, 2.24) is 5.32 Å². The lowest BCUT2D eigenvalue weighted by atomic mass is 10.1. The van der Waals surface area contributed by atoms with Gasteiger partial charge in [-0.25, -0.2) is 13.2 Å². The molecule has 2 amide bonds. The summed E-state index contributed by atoms with van der Waals surface area (Å²) in [6, 6.07) is 12.7. The molecule has 0 spiro atoms. The van der Waals surface area contributed by atoms with Crippen molar-refractivity contribution in [1.29, 1.82) is 0 Å². The van der Waals surface area contributed by atoms with Crippen LogP contribution in [0.2, 0.25) is 0 Å². The minimum atomic E-state index is -3.78. The second-order valence-corrected chi connectivity index (χ2v) is 8.14. The monoisotopic (exact) mass is 403 g/mol. The summed E-state index contributed by atoms with van der Waals surface area (Å²) >= 11 is 0. The molecule has 0 radical (unpaired) electrons. The summed E-state index contributed by atoms with van der Waals surface area (Å²) in [6.07, 6.45) is 1.69. The largest absolute Gasteiger partial charge is 0.453 e. The maximum absolute atomic E-state index is 12.5. The Morgan fingerprint density at radius 3 is 2.18 bits per heavy atom. The fourth-order valence-corrected chi connectivity index (χ4v) is 3.54. The van der Waals surface area contributed by atoms with Crippen LogP contribution in [0.25, 0.3) is 0 Å². The van der Waals surface area contributed by atoms with Crippen LogP contribution in [0.5, 0.6) is 0 Å². The van der Waals surface area contributed by atoms with Crippen LogP contribution in [0.15, 0.2) is 53.4 Å². The van der Waals surface area contributed by atoms with E-state index in [-0.39, 0.29) is 17.2 Å². The summed E-state index contributed by atoms with van der Waals surface area (Å²) in [5, 5.41) is 5.36. The molecule has 0 bridgehead atoms. The van der Waals surface area contributed by atoms with Gasteiger partial charge in [-0.3, -0.25) is 14.8 Å². The van der Waals surface area contributed by atoms with Gasteiger partial charge in [-0.05, 0) is 54.8 Å². The van der Waals surface area contributed by atoms with E-state index in [1.54, 1.807) is 24.3 Å². The molecule has 0 heterocycles. The van der Waals surface area contributed by atoms with Crippen LogP contribution in [0.3, 0.4) is 0 Å². The molecule has 2 aromatic carbocycles. The average molecular weight is 403 g/mol. The molecule has 0 aromatic heterocycles. The zero-order valence-electron chi connectivity index (χ0n) is 15.3. The van der Waals surface area contributed by atoms with E-state index in [4.69, 9.17) is 0 Å². The maximum Gasteiger partial charge on any atom is 0.411 e.